The van der Waals surface area contributed by atoms with E-state index in [1.54, 1.807) is 6.92 Å². The van der Waals surface area contributed by atoms with Crippen LogP contribution < -0.4 is 0 Å². The van der Waals surface area contributed by atoms with Crippen LogP contribution in [0.2, 0.25) is 0 Å². The fraction of sp³-hybridized carbons (Fsp3) is 0.385. The lowest BCUT2D eigenvalue weighted by Gasteiger charge is -2.20. The lowest BCUT2D eigenvalue weighted by Crippen LogP contribution is -2.39. The quantitative estimate of drug-likeness (QED) is 0.858. The van der Waals surface area contributed by atoms with E-state index in [0.717, 1.165) is 10.5 Å². The molecule has 2 amide bonds. The van der Waals surface area contributed by atoms with Gasteiger partial charge in [-0.1, -0.05) is 30.3 Å². The van der Waals surface area contributed by atoms with E-state index >= 15 is 0 Å². The van der Waals surface area contributed by atoms with E-state index in [9.17, 15) is 14.7 Å². The number of benzene rings is 1. The maximum atomic E-state index is 11.8. The molecule has 1 aromatic rings. The zero-order valence-corrected chi connectivity index (χ0v) is 10.1. The first kappa shape index (κ1) is 12.6. The largest absolute Gasteiger partial charge is 0.444 e. The van der Waals surface area contributed by atoms with E-state index < -0.39 is 24.1 Å². The third kappa shape index (κ3) is 2.51. The van der Waals surface area contributed by atoms with Crippen LogP contribution in [0, 0.1) is 0 Å². The number of carbonyl (C=O) groups is 2. The second kappa shape index (κ2) is 5.18. The highest BCUT2D eigenvalue weighted by atomic mass is 16.6. The molecule has 2 atom stereocenters. The van der Waals surface area contributed by atoms with Crippen LogP contribution in [0.5, 0.6) is 0 Å². The first-order valence-corrected chi connectivity index (χ1v) is 5.80. The number of aliphatic hydroxyl groups is 1. The van der Waals surface area contributed by atoms with E-state index in [4.69, 9.17) is 4.74 Å². The van der Waals surface area contributed by atoms with Crippen molar-refractivity contribution < 1.29 is 19.4 Å². The van der Waals surface area contributed by atoms with Crippen molar-refractivity contribution in [2.24, 2.45) is 0 Å². The number of aliphatic hydroxyl groups excluding tert-OH is 1. The van der Waals surface area contributed by atoms with Gasteiger partial charge in [-0.05, 0) is 12.5 Å². The summed E-state index contributed by atoms with van der Waals surface area (Å²) in [6.45, 7) is 1.74. The number of hydrogen-bond acceptors (Lipinski definition) is 4. The number of carbonyl (C=O) groups excluding carboxylic acids is 2. The minimum Gasteiger partial charge on any atom is -0.444 e. The van der Waals surface area contributed by atoms with Crippen molar-refractivity contribution >= 4 is 12.0 Å². The molecule has 5 nitrogen and oxygen atoms in total. The molecule has 96 valence electrons. The molecule has 18 heavy (non-hydrogen) atoms. The Bertz CT molecular complexity index is 446. The summed E-state index contributed by atoms with van der Waals surface area (Å²) in [7, 11) is 0. The summed E-state index contributed by atoms with van der Waals surface area (Å²) in [6, 6.07) is 8.69. The van der Waals surface area contributed by atoms with Crippen molar-refractivity contribution in [3.8, 4) is 0 Å². The van der Waals surface area contributed by atoms with Crippen LogP contribution in [0.15, 0.2) is 30.3 Å². The number of rotatable bonds is 2. The highest BCUT2D eigenvalue weighted by Gasteiger charge is 2.40. The van der Waals surface area contributed by atoms with Crippen LogP contribution in [-0.4, -0.2) is 34.2 Å². The van der Waals surface area contributed by atoms with Crippen molar-refractivity contribution in [2.75, 3.05) is 0 Å². The molecule has 1 saturated heterocycles. The molecule has 1 aromatic carbocycles. The van der Waals surface area contributed by atoms with Crippen molar-refractivity contribution in [3.05, 3.63) is 35.9 Å². The lowest BCUT2D eigenvalue weighted by molar-refractivity contribution is -0.127. The van der Waals surface area contributed by atoms with E-state index in [1.165, 1.54) is 0 Å². The molecule has 1 heterocycles. The summed E-state index contributed by atoms with van der Waals surface area (Å²) in [5.41, 5.74) is 0.852. The summed E-state index contributed by atoms with van der Waals surface area (Å²) < 4.78 is 5.06. The molecule has 0 radical (unpaired) electrons. The molecule has 0 spiro atoms. The monoisotopic (exact) mass is 249 g/mol. The van der Waals surface area contributed by atoms with Crippen LogP contribution in [0.25, 0.3) is 0 Å². The number of imide groups is 1. The topological polar surface area (TPSA) is 66.8 Å². The van der Waals surface area contributed by atoms with Gasteiger partial charge in [-0.2, -0.15) is 0 Å². The highest BCUT2D eigenvalue weighted by molar-refractivity contribution is 5.94. The van der Waals surface area contributed by atoms with Crippen LogP contribution in [0.1, 0.15) is 18.9 Å². The molecule has 1 N–H and O–H groups in total. The molecule has 1 unspecified atom stereocenters. The first-order chi connectivity index (χ1) is 8.59. The van der Waals surface area contributed by atoms with Gasteiger partial charge in [0, 0.05) is 0 Å². The Morgan fingerprint density at radius 2 is 2.11 bits per heavy atom. The van der Waals surface area contributed by atoms with Crippen LogP contribution in [-0.2, 0) is 16.1 Å². The third-order valence-corrected chi connectivity index (χ3v) is 3.02. The van der Waals surface area contributed by atoms with Gasteiger partial charge >= 0.3 is 6.09 Å². The first-order valence-electron chi connectivity index (χ1n) is 5.80. The molecule has 1 aliphatic rings. The SMILES string of the molecule is CC1[C@@H](O)CC(=O)N1C(=O)OCc1ccccc1. The fourth-order valence-corrected chi connectivity index (χ4v) is 1.90. The van der Waals surface area contributed by atoms with Crippen LogP contribution in [0.4, 0.5) is 4.79 Å². The molecule has 1 aliphatic heterocycles. The smallest absolute Gasteiger partial charge is 0.417 e. The van der Waals surface area contributed by atoms with Crippen molar-refractivity contribution in [3.63, 3.8) is 0 Å². The normalized spacial score (nSPS) is 23.2. The Labute approximate surface area is 105 Å². The Morgan fingerprint density at radius 1 is 1.44 bits per heavy atom. The van der Waals surface area contributed by atoms with E-state index in [1.807, 2.05) is 30.3 Å². The number of ether oxygens (including phenoxy) is 1. The average Bonchev–Trinajstić information content (AvgIpc) is 2.62. The third-order valence-electron chi connectivity index (χ3n) is 3.02. The standard InChI is InChI=1S/C13H15NO4/c1-9-11(15)7-12(16)14(9)13(17)18-8-10-5-3-2-4-6-10/h2-6,9,11,15H,7-8H2,1H3/t9?,11-/m0/s1. The zero-order valence-electron chi connectivity index (χ0n) is 10.1. The van der Waals surface area contributed by atoms with Gasteiger partial charge in [0.1, 0.15) is 6.61 Å². The van der Waals surface area contributed by atoms with Gasteiger partial charge in [0.05, 0.1) is 18.6 Å². The molecule has 0 bridgehead atoms. The zero-order chi connectivity index (χ0) is 13.1. The van der Waals surface area contributed by atoms with Crippen LogP contribution >= 0.6 is 0 Å². The summed E-state index contributed by atoms with van der Waals surface area (Å²) in [4.78, 5) is 24.2. The van der Waals surface area contributed by atoms with Gasteiger partial charge in [-0.15, -0.1) is 0 Å². The molecule has 0 aromatic heterocycles. The van der Waals surface area contributed by atoms with Gasteiger partial charge in [-0.25, -0.2) is 9.69 Å². The second-order valence-electron chi connectivity index (χ2n) is 4.32. The van der Waals surface area contributed by atoms with Crippen molar-refractivity contribution in [2.45, 2.75) is 32.1 Å². The maximum absolute atomic E-state index is 11.8. The summed E-state index contributed by atoms with van der Waals surface area (Å²) in [5.74, 6) is -0.395. The van der Waals surface area contributed by atoms with Crippen LogP contribution in [0.3, 0.4) is 0 Å². The maximum Gasteiger partial charge on any atom is 0.417 e. The number of amides is 2. The summed E-state index contributed by atoms with van der Waals surface area (Å²) >= 11 is 0. The predicted molar refractivity (Wildman–Crippen MR) is 63.6 cm³/mol. The minimum atomic E-state index is -0.804. The molecule has 2 rings (SSSR count). The molecule has 5 heteroatoms. The summed E-state index contributed by atoms with van der Waals surface area (Å²) in [5, 5.41) is 9.50. The number of hydrogen-bond donors (Lipinski definition) is 1. The van der Waals surface area contributed by atoms with Gasteiger partial charge < -0.3 is 9.84 Å². The Balaban J connectivity index is 1.94. The van der Waals surface area contributed by atoms with Gasteiger partial charge in [0.15, 0.2) is 0 Å². The fourth-order valence-electron chi connectivity index (χ4n) is 1.90. The lowest BCUT2D eigenvalue weighted by atomic mass is 10.2. The second-order valence-corrected chi connectivity index (χ2v) is 4.32. The van der Waals surface area contributed by atoms with E-state index in [2.05, 4.69) is 0 Å². The van der Waals surface area contributed by atoms with E-state index in [0.29, 0.717) is 0 Å². The summed E-state index contributed by atoms with van der Waals surface area (Å²) in [6.07, 6.45) is -1.53. The Hall–Kier alpha value is -1.88. The van der Waals surface area contributed by atoms with Crippen molar-refractivity contribution in [1.29, 1.82) is 0 Å². The number of likely N-dealkylation sites (tertiary alicyclic amines) is 1. The minimum absolute atomic E-state index is 0.0262. The molecule has 0 saturated carbocycles. The van der Waals surface area contributed by atoms with Gasteiger partial charge in [0.2, 0.25) is 5.91 Å². The van der Waals surface area contributed by atoms with Gasteiger partial charge in [0.25, 0.3) is 0 Å². The molecular weight excluding hydrogens is 234 g/mol. The molecule has 0 aliphatic carbocycles. The molecule has 1 fully saturated rings. The average molecular weight is 249 g/mol. The molecular formula is C13H15NO4. The predicted octanol–water partition coefficient (Wildman–Crippen LogP) is 1.30. The van der Waals surface area contributed by atoms with E-state index in [-0.39, 0.29) is 13.0 Å². The highest BCUT2D eigenvalue weighted by Crippen LogP contribution is 2.20. The Morgan fingerprint density at radius 3 is 2.67 bits per heavy atom. The van der Waals surface area contributed by atoms with Crippen molar-refractivity contribution in [1.82, 2.24) is 4.90 Å². The van der Waals surface area contributed by atoms with Gasteiger partial charge in [-0.3, -0.25) is 4.79 Å². The number of nitrogens with zero attached hydrogens (tertiary/aromatic N) is 1. The Kier molecular flexibility index (Phi) is 3.62.